The van der Waals surface area contributed by atoms with Crippen LogP contribution in [0.3, 0.4) is 0 Å². The Kier molecular flexibility index (Phi) is 5.87. The predicted molar refractivity (Wildman–Crippen MR) is 112 cm³/mol. The number of nitrogens with one attached hydrogen (secondary N) is 1. The number of fused-ring (bicyclic) bond motifs is 1. The Morgan fingerprint density at radius 3 is 2.50 bits per heavy atom. The van der Waals surface area contributed by atoms with Crippen molar-refractivity contribution in [3.8, 4) is 17.2 Å². The zero-order chi connectivity index (χ0) is 24.7. The van der Waals surface area contributed by atoms with Gasteiger partial charge in [-0.05, 0) is 12.1 Å². The molecule has 2 aromatic carbocycles. The lowest BCUT2D eigenvalue weighted by atomic mass is 10.2. The second kappa shape index (κ2) is 8.67. The van der Waals surface area contributed by atoms with Crippen LogP contribution in [-0.2, 0) is 6.61 Å². The molecule has 0 saturated carbocycles. The first-order valence-corrected chi connectivity index (χ1v) is 10.1. The van der Waals surface area contributed by atoms with Gasteiger partial charge in [-0.3, -0.25) is 4.79 Å². The summed E-state index contributed by atoms with van der Waals surface area (Å²) in [5.74, 6) is -7.35. The number of halogens is 4. The van der Waals surface area contributed by atoms with E-state index in [2.05, 4.69) is 4.98 Å². The molecule has 0 aliphatic rings. The van der Waals surface area contributed by atoms with Crippen molar-refractivity contribution in [2.75, 3.05) is 7.11 Å². The van der Waals surface area contributed by atoms with Gasteiger partial charge in [-0.25, -0.2) is 31.7 Å². The third kappa shape index (κ3) is 3.79. The van der Waals surface area contributed by atoms with Crippen LogP contribution in [0.5, 0.6) is 11.5 Å². The van der Waals surface area contributed by atoms with Crippen LogP contribution < -0.4 is 20.7 Å². The van der Waals surface area contributed by atoms with E-state index in [1.807, 2.05) is 0 Å². The van der Waals surface area contributed by atoms with Gasteiger partial charge in [-0.15, -0.1) is 11.3 Å². The van der Waals surface area contributed by atoms with Crippen molar-refractivity contribution < 1.29 is 36.9 Å². The Morgan fingerprint density at radius 2 is 1.82 bits per heavy atom. The maximum Gasteiger partial charge on any atom is 0.346 e. The fourth-order valence-corrected chi connectivity index (χ4v) is 4.09. The summed E-state index contributed by atoms with van der Waals surface area (Å²) in [7, 11) is 1.19. The SMILES string of the molecule is COc1ccc(F)c(F)c1COc1cc(-n2c(=O)[nH]c3csc(C(=O)O)c3c2=O)c(F)cc1F. The summed E-state index contributed by atoms with van der Waals surface area (Å²) in [5.41, 5.74) is -3.50. The Hall–Kier alpha value is -4.13. The highest BCUT2D eigenvalue weighted by atomic mass is 32.1. The molecule has 0 radical (unpaired) electrons. The van der Waals surface area contributed by atoms with Crippen LogP contribution in [0.15, 0.2) is 39.2 Å². The van der Waals surface area contributed by atoms with Gasteiger partial charge in [0.25, 0.3) is 5.56 Å². The summed E-state index contributed by atoms with van der Waals surface area (Å²) in [6.07, 6.45) is 0. The minimum atomic E-state index is -1.44. The van der Waals surface area contributed by atoms with Gasteiger partial charge in [0.2, 0.25) is 0 Å². The fraction of sp³-hybridized carbons (Fsp3) is 0.0952. The quantitative estimate of drug-likeness (QED) is 0.395. The standard InChI is InChI=1S/C21H12F4N2O6S/c1-32-14-3-2-9(22)17(25)8(14)6-33-15-5-13(10(23)4-11(15)24)27-19(28)16-12(26-21(27)31)7-34-18(16)20(29)30/h2-5,7H,6H2,1H3,(H,26,31)(H,29,30). The van der Waals surface area contributed by atoms with Crippen molar-refractivity contribution in [3.05, 3.63) is 84.2 Å². The van der Waals surface area contributed by atoms with Crippen LogP contribution in [0, 0.1) is 23.3 Å². The number of hydrogen-bond acceptors (Lipinski definition) is 6. The highest BCUT2D eigenvalue weighted by molar-refractivity contribution is 7.13. The number of methoxy groups -OCH3 is 1. The molecule has 2 heterocycles. The maximum atomic E-state index is 14.6. The molecule has 0 amide bonds. The summed E-state index contributed by atoms with van der Waals surface area (Å²) in [5, 5.41) is 10.1. The Bertz CT molecular complexity index is 1580. The molecule has 0 unspecified atom stereocenters. The number of thiophene rings is 1. The first-order valence-electron chi connectivity index (χ1n) is 9.27. The second-order valence-electron chi connectivity index (χ2n) is 6.79. The highest BCUT2D eigenvalue weighted by Crippen LogP contribution is 2.29. The van der Waals surface area contributed by atoms with Crippen LogP contribution in [0.4, 0.5) is 17.6 Å². The number of aromatic amines is 1. The van der Waals surface area contributed by atoms with Crippen molar-refractivity contribution in [2.24, 2.45) is 0 Å². The summed E-state index contributed by atoms with van der Waals surface area (Å²) in [6, 6.07) is 2.94. The molecule has 13 heteroatoms. The minimum Gasteiger partial charge on any atom is -0.496 e. The third-order valence-electron chi connectivity index (χ3n) is 4.83. The second-order valence-corrected chi connectivity index (χ2v) is 7.67. The third-order valence-corrected chi connectivity index (χ3v) is 5.80. The Balaban J connectivity index is 1.83. The van der Waals surface area contributed by atoms with Crippen LogP contribution in [-0.4, -0.2) is 27.7 Å². The van der Waals surface area contributed by atoms with Crippen molar-refractivity contribution in [3.63, 3.8) is 0 Å². The topological polar surface area (TPSA) is 111 Å². The molecule has 0 saturated heterocycles. The lowest BCUT2D eigenvalue weighted by Crippen LogP contribution is -2.34. The normalized spacial score (nSPS) is 11.1. The molecule has 0 aliphatic heterocycles. The van der Waals surface area contributed by atoms with Gasteiger partial charge in [0.05, 0.1) is 29.3 Å². The fourth-order valence-electron chi connectivity index (χ4n) is 3.26. The number of carbonyl (C=O) groups is 1. The smallest absolute Gasteiger partial charge is 0.346 e. The number of aromatic nitrogens is 2. The number of aromatic carboxylic acids is 1. The summed E-state index contributed by atoms with van der Waals surface area (Å²) < 4.78 is 67.1. The molecule has 2 N–H and O–H groups in total. The summed E-state index contributed by atoms with van der Waals surface area (Å²) in [4.78, 5) is 38.7. The average Bonchev–Trinajstić information content (AvgIpc) is 3.21. The number of carboxylic acid groups (broad SMARTS) is 1. The molecule has 4 rings (SSSR count). The van der Waals surface area contributed by atoms with E-state index in [1.165, 1.54) is 12.5 Å². The number of carboxylic acids is 1. The largest absolute Gasteiger partial charge is 0.496 e. The molecule has 2 aromatic heterocycles. The predicted octanol–water partition coefficient (Wildman–Crippen LogP) is 3.58. The summed E-state index contributed by atoms with van der Waals surface area (Å²) >= 11 is 0.680. The summed E-state index contributed by atoms with van der Waals surface area (Å²) in [6.45, 7) is -0.743. The Morgan fingerprint density at radius 1 is 1.09 bits per heavy atom. The van der Waals surface area contributed by atoms with Gasteiger partial charge in [-0.2, -0.15) is 0 Å². The van der Waals surface area contributed by atoms with Crippen molar-refractivity contribution in [1.29, 1.82) is 0 Å². The van der Waals surface area contributed by atoms with Gasteiger partial charge >= 0.3 is 11.7 Å². The van der Waals surface area contributed by atoms with E-state index in [4.69, 9.17) is 9.47 Å². The molecule has 4 aromatic rings. The van der Waals surface area contributed by atoms with E-state index in [-0.39, 0.29) is 21.2 Å². The van der Waals surface area contributed by atoms with Gasteiger partial charge in [0, 0.05) is 17.5 Å². The van der Waals surface area contributed by atoms with E-state index >= 15 is 0 Å². The number of benzene rings is 2. The molecule has 176 valence electrons. The highest BCUT2D eigenvalue weighted by Gasteiger charge is 2.22. The minimum absolute atomic E-state index is 0.0682. The van der Waals surface area contributed by atoms with Crippen LogP contribution in [0.25, 0.3) is 16.6 Å². The van der Waals surface area contributed by atoms with Crippen molar-refractivity contribution >= 4 is 28.2 Å². The Labute approximate surface area is 190 Å². The van der Waals surface area contributed by atoms with Gasteiger partial charge < -0.3 is 19.6 Å². The number of rotatable bonds is 6. The van der Waals surface area contributed by atoms with E-state index < -0.39 is 69.0 Å². The van der Waals surface area contributed by atoms with Crippen LogP contribution in [0.1, 0.15) is 15.2 Å². The average molecular weight is 496 g/mol. The lowest BCUT2D eigenvalue weighted by Gasteiger charge is -2.14. The molecule has 34 heavy (non-hydrogen) atoms. The molecule has 0 aliphatic carbocycles. The van der Waals surface area contributed by atoms with Gasteiger partial charge in [0.15, 0.2) is 29.0 Å². The molecule has 0 bridgehead atoms. The number of ether oxygens (including phenoxy) is 2. The monoisotopic (exact) mass is 496 g/mol. The van der Waals surface area contributed by atoms with Gasteiger partial charge in [0.1, 0.15) is 17.2 Å². The van der Waals surface area contributed by atoms with Crippen LogP contribution in [0.2, 0.25) is 0 Å². The number of H-pyrrole nitrogens is 1. The molecular formula is C21H12F4N2O6S. The molecular weight excluding hydrogens is 484 g/mol. The maximum absolute atomic E-state index is 14.6. The molecule has 8 nitrogen and oxygen atoms in total. The zero-order valence-electron chi connectivity index (χ0n) is 16.9. The van der Waals surface area contributed by atoms with Crippen molar-refractivity contribution in [1.82, 2.24) is 9.55 Å². The van der Waals surface area contributed by atoms with Gasteiger partial charge in [-0.1, -0.05) is 0 Å². The van der Waals surface area contributed by atoms with Crippen molar-refractivity contribution in [2.45, 2.75) is 6.61 Å². The number of nitrogens with zero attached hydrogens (tertiary/aromatic N) is 1. The van der Waals surface area contributed by atoms with E-state index in [0.717, 1.165) is 12.1 Å². The van der Waals surface area contributed by atoms with E-state index in [1.54, 1.807) is 0 Å². The lowest BCUT2D eigenvalue weighted by molar-refractivity contribution is 0.0704. The molecule has 0 atom stereocenters. The zero-order valence-corrected chi connectivity index (χ0v) is 17.8. The van der Waals surface area contributed by atoms with E-state index in [9.17, 15) is 37.1 Å². The van der Waals surface area contributed by atoms with Crippen LogP contribution >= 0.6 is 11.3 Å². The molecule has 0 spiro atoms. The first-order chi connectivity index (χ1) is 16.1. The molecule has 0 fully saturated rings. The van der Waals surface area contributed by atoms with E-state index in [0.29, 0.717) is 23.5 Å². The number of hydrogen-bond donors (Lipinski definition) is 2. The first kappa shape index (κ1) is 23.0.